The van der Waals surface area contributed by atoms with E-state index in [1.165, 1.54) is 5.56 Å². The smallest absolute Gasteiger partial charge is 0.251 e. The van der Waals surface area contributed by atoms with Gasteiger partial charge in [0.05, 0.1) is 0 Å². The van der Waals surface area contributed by atoms with E-state index in [1.807, 2.05) is 32.0 Å². The molecule has 1 aliphatic heterocycles. The third kappa shape index (κ3) is 2.20. The number of carbonyl (C=O) groups excluding carboxylic acids is 1. The highest BCUT2D eigenvalue weighted by Crippen LogP contribution is 2.38. The molecule has 1 unspecified atom stereocenters. The molecule has 0 aliphatic carbocycles. The van der Waals surface area contributed by atoms with Crippen LogP contribution in [0.25, 0.3) is 0 Å². The molecule has 1 heterocycles. The maximum Gasteiger partial charge on any atom is 0.251 e. The minimum atomic E-state index is -0.360. The third-order valence-electron chi connectivity index (χ3n) is 3.55. The summed E-state index contributed by atoms with van der Waals surface area (Å²) in [7, 11) is 0. The lowest BCUT2D eigenvalue weighted by Crippen LogP contribution is -2.20. The summed E-state index contributed by atoms with van der Waals surface area (Å²) in [5, 5.41) is 6.27. The Balaban J connectivity index is 2.00. The molecular weight excluding hydrogens is 316 g/mol. The lowest BCUT2D eigenvalue weighted by Gasteiger charge is -2.16. The van der Waals surface area contributed by atoms with Crippen molar-refractivity contribution in [3.05, 3.63) is 57.6 Å². The number of fused-ring (bicyclic) bond motifs is 1. The summed E-state index contributed by atoms with van der Waals surface area (Å²) in [6.07, 6.45) is 0. The largest absolute Gasteiger partial charge is 0.370 e. The van der Waals surface area contributed by atoms with Crippen LogP contribution < -0.4 is 10.6 Å². The van der Waals surface area contributed by atoms with Crippen molar-refractivity contribution in [3.8, 4) is 0 Å². The highest BCUT2D eigenvalue weighted by atomic mass is 79.9. The highest BCUT2D eigenvalue weighted by Gasteiger charge is 2.32. The molecule has 2 N–H and O–H groups in total. The fraction of sp³-hybridized carbons (Fsp3) is 0.188. The summed E-state index contributed by atoms with van der Waals surface area (Å²) in [4.78, 5) is 12.2. The number of hydrogen-bond acceptors (Lipinski definition) is 2. The first-order chi connectivity index (χ1) is 9.56. The molecule has 0 saturated carbocycles. The van der Waals surface area contributed by atoms with Crippen molar-refractivity contribution < 1.29 is 4.79 Å². The van der Waals surface area contributed by atoms with Crippen molar-refractivity contribution in [2.45, 2.75) is 19.9 Å². The number of halogens is 1. The maximum absolute atomic E-state index is 12.2. The van der Waals surface area contributed by atoms with E-state index in [-0.39, 0.29) is 11.9 Å². The lowest BCUT2D eigenvalue weighted by atomic mass is 10.1. The number of amides is 1. The Morgan fingerprint density at radius 2 is 2.00 bits per heavy atom. The van der Waals surface area contributed by atoms with Gasteiger partial charge < -0.3 is 10.6 Å². The van der Waals surface area contributed by atoms with E-state index in [2.05, 4.69) is 44.8 Å². The van der Waals surface area contributed by atoms with Crippen LogP contribution in [0.4, 0.5) is 11.4 Å². The molecule has 0 spiro atoms. The van der Waals surface area contributed by atoms with Gasteiger partial charge in [0.2, 0.25) is 0 Å². The van der Waals surface area contributed by atoms with E-state index in [4.69, 9.17) is 0 Å². The van der Waals surface area contributed by atoms with Crippen molar-refractivity contribution >= 4 is 33.2 Å². The van der Waals surface area contributed by atoms with Crippen molar-refractivity contribution in [1.29, 1.82) is 0 Å². The predicted octanol–water partition coefficient (Wildman–Crippen LogP) is 4.17. The Bertz CT molecular complexity index is 697. The highest BCUT2D eigenvalue weighted by molar-refractivity contribution is 9.10. The number of anilines is 2. The van der Waals surface area contributed by atoms with E-state index in [1.54, 1.807) is 0 Å². The molecule has 0 aromatic heterocycles. The first-order valence-corrected chi connectivity index (χ1v) is 7.28. The second-order valence-corrected chi connectivity index (χ2v) is 5.94. The summed E-state index contributed by atoms with van der Waals surface area (Å²) in [5.41, 5.74) is 5.13. The van der Waals surface area contributed by atoms with Gasteiger partial charge in [-0.05, 0) is 43.2 Å². The van der Waals surface area contributed by atoms with E-state index < -0.39 is 0 Å². The number of aryl methyl sites for hydroxylation is 2. The minimum Gasteiger partial charge on any atom is -0.370 e. The normalized spacial score (nSPS) is 16.8. The van der Waals surface area contributed by atoms with Gasteiger partial charge in [-0.3, -0.25) is 4.79 Å². The van der Waals surface area contributed by atoms with Gasteiger partial charge in [-0.15, -0.1) is 0 Å². The van der Waals surface area contributed by atoms with Gasteiger partial charge in [0.25, 0.3) is 5.91 Å². The van der Waals surface area contributed by atoms with Crippen LogP contribution in [0.3, 0.4) is 0 Å². The minimum absolute atomic E-state index is 0.0205. The molecule has 0 saturated heterocycles. The first kappa shape index (κ1) is 13.2. The van der Waals surface area contributed by atoms with Gasteiger partial charge in [0.15, 0.2) is 0 Å². The standard InChI is InChI=1S/C16H15BrN2O/c1-9-6-7-10(2)13(8-9)18-15-14-11(17)4-3-5-12(14)19-16(15)20/h3-8,15,18H,1-2H3,(H,19,20). The average molecular weight is 331 g/mol. The van der Waals surface area contributed by atoms with Gasteiger partial charge in [-0.2, -0.15) is 0 Å². The average Bonchev–Trinajstić information content (AvgIpc) is 2.72. The Morgan fingerprint density at radius 3 is 2.80 bits per heavy atom. The molecule has 0 fully saturated rings. The quantitative estimate of drug-likeness (QED) is 0.867. The summed E-state index contributed by atoms with van der Waals surface area (Å²) in [6, 6.07) is 11.6. The molecule has 20 heavy (non-hydrogen) atoms. The fourth-order valence-electron chi connectivity index (χ4n) is 2.46. The number of carbonyl (C=O) groups is 1. The lowest BCUT2D eigenvalue weighted by molar-refractivity contribution is -0.116. The molecule has 2 aromatic carbocycles. The van der Waals surface area contributed by atoms with Crippen LogP contribution in [0.15, 0.2) is 40.9 Å². The van der Waals surface area contributed by atoms with Crippen LogP contribution in [-0.4, -0.2) is 5.91 Å². The van der Waals surface area contributed by atoms with E-state index >= 15 is 0 Å². The monoisotopic (exact) mass is 330 g/mol. The molecule has 4 heteroatoms. The second-order valence-electron chi connectivity index (χ2n) is 5.09. The van der Waals surface area contributed by atoms with Crippen LogP contribution in [0.2, 0.25) is 0 Å². The predicted molar refractivity (Wildman–Crippen MR) is 85.1 cm³/mol. The van der Waals surface area contributed by atoms with Crippen LogP contribution in [-0.2, 0) is 4.79 Å². The van der Waals surface area contributed by atoms with Crippen LogP contribution in [0.1, 0.15) is 22.7 Å². The SMILES string of the molecule is Cc1ccc(C)c(NC2C(=O)Nc3cccc(Br)c32)c1. The van der Waals surface area contributed by atoms with E-state index in [0.29, 0.717) is 0 Å². The second kappa shape index (κ2) is 4.94. The first-order valence-electron chi connectivity index (χ1n) is 6.49. The maximum atomic E-state index is 12.2. The molecule has 0 radical (unpaired) electrons. The molecule has 1 amide bonds. The molecule has 1 aliphatic rings. The van der Waals surface area contributed by atoms with Crippen LogP contribution in [0.5, 0.6) is 0 Å². The Labute approximate surface area is 126 Å². The van der Waals surface area contributed by atoms with Crippen molar-refractivity contribution in [2.24, 2.45) is 0 Å². The molecule has 3 nitrogen and oxygen atoms in total. The number of hydrogen-bond donors (Lipinski definition) is 2. The van der Waals surface area contributed by atoms with Gasteiger partial charge in [-0.1, -0.05) is 34.1 Å². The summed E-state index contributed by atoms with van der Waals surface area (Å²) >= 11 is 3.53. The fourth-order valence-corrected chi connectivity index (χ4v) is 3.06. The van der Waals surface area contributed by atoms with Gasteiger partial charge in [0, 0.05) is 21.4 Å². The van der Waals surface area contributed by atoms with Gasteiger partial charge in [0.1, 0.15) is 6.04 Å². The molecule has 3 rings (SSSR count). The summed E-state index contributed by atoms with van der Waals surface area (Å²) in [6.45, 7) is 4.08. The molecule has 0 bridgehead atoms. The third-order valence-corrected chi connectivity index (χ3v) is 4.25. The zero-order valence-corrected chi connectivity index (χ0v) is 12.9. The van der Waals surface area contributed by atoms with Crippen LogP contribution >= 0.6 is 15.9 Å². The zero-order chi connectivity index (χ0) is 14.3. The molecule has 2 aromatic rings. The zero-order valence-electron chi connectivity index (χ0n) is 11.3. The van der Waals surface area contributed by atoms with Gasteiger partial charge in [-0.25, -0.2) is 0 Å². The topological polar surface area (TPSA) is 41.1 Å². The molecular formula is C16H15BrN2O. The van der Waals surface area contributed by atoms with Crippen molar-refractivity contribution in [1.82, 2.24) is 0 Å². The van der Waals surface area contributed by atoms with E-state index in [0.717, 1.165) is 27.0 Å². The van der Waals surface area contributed by atoms with E-state index in [9.17, 15) is 4.79 Å². The van der Waals surface area contributed by atoms with Crippen molar-refractivity contribution in [3.63, 3.8) is 0 Å². The Hall–Kier alpha value is -1.81. The van der Waals surface area contributed by atoms with Gasteiger partial charge >= 0.3 is 0 Å². The Morgan fingerprint density at radius 1 is 1.20 bits per heavy atom. The summed E-state index contributed by atoms with van der Waals surface area (Å²) < 4.78 is 0.941. The van der Waals surface area contributed by atoms with Crippen LogP contribution in [0, 0.1) is 13.8 Å². The summed E-state index contributed by atoms with van der Waals surface area (Å²) in [5.74, 6) is -0.0205. The number of rotatable bonds is 2. The molecule has 1 atom stereocenters. The number of nitrogens with one attached hydrogen (secondary N) is 2. The van der Waals surface area contributed by atoms with Crippen molar-refractivity contribution in [2.75, 3.05) is 10.6 Å². The number of benzene rings is 2. The molecule has 102 valence electrons. The Kier molecular flexibility index (Phi) is 3.26.